The first-order valence-corrected chi connectivity index (χ1v) is 7.72. The number of nitrogens with zero attached hydrogens (tertiary/aromatic N) is 1. The van der Waals surface area contributed by atoms with Crippen molar-refractivity contribution < 1.29 is 14.3 Å². The van der Waals surface area contributed by atoms with Crippen LogP contribution in [0.5, 0.6) is 0 Å². The van der Waals surface area contributed by atoms with Gasteiger partial charge in [-0.25, -0.2) is 0 Å². The number of halogens is 2. The summed E-state index contributed by atoms with van der Waals surface area (Å²) in [6, 6.07) is 5.32. The Labute approximate surface area is 138 Å². The van der Waals surface area contributed by atoms with E-state index in [2.05, 4.69) is 4.98 Å². The molecule has 1 fully saturated rings. The van der Waals surface area contributed by atoms with Crippen molar-refractivity contribution in [2.75, 3.05) is 33.4 Å². The molecule has 1 unspecified atom stereocenters. The van der Waals surface area contributed by atoms with Crippen LogP contribution in [0, 0.1) is 0 Å². The number of hydrogen-bond acceptors (Lipinski definition) is 3. The fraction of sp³-hybridized carbons (Fsp3) is 0.400. The lowest BCUT2D eigenvalue weighted by atomic mass is 10.2. The number of aromatic amines is 1. The highest BCUT2D eigenvalue weighted by Crippen LogP contribution is 2.30. The van der Waals surface area contributed by atoms with Crippen LogP contribution in [-0.2, 0) is 9.47 Å². The van der Waals surface area contributed by atoms with E-state index in [4.69, 9.17) is 32.7 Å². The molecule has 1 aliphatic rings. The summed E-state index contributed by atoms with van der Waals surface area (Å²) in [5.41, 5.74) is 1.18. The van der Waals surface area contributed by atoms with Gasteiger partial charge in [-0.3, -0.25) is 4.79 Å². The summed E-state index contributed by atoms with van der Waals surface area (Å²) in [6.07, 6.45) is -0.111. The van der Waals surface area contributed by atoms with Crippen LogP contribution in [0.4, 0.5) is 0 Å². The van der Waals surface area contributed by atoms with Gasteiger partial charge < -0.3 is 19.4 Å². The van der Waals surface area contributed by atoms with Crippen molar-refractivity contribution in [1.29, 1.82) is 0 Å². The molecule has 1 aromatic carbocycles. The molecule has 0 aliphatic carbocycles. The molecule has 1 atom stereocenters. The highest BCUT2D eigenvalue weighted by molar-refractivity contribution is 6.39. The number of ether oxygens (including phenoxy) is 2. The second kappa shape index (κ2) is 6.46. The van der Waals surface area contributed by atoms with Gasteiger partial charge in [0.15, 0.2) is 0 Å². The van der Waals surface area contributed by atoms with Crippen LogP contribution in [0.2, 0.25) is 10.0 Å². The molecule has 3 rings (SSSR count). The van der Waals surface area contributed by atoms with Crippen molar-refractivity contribution in [3.05, 3.63) is 33.9 Å². The maximum atomic E-state index is 12.7. The number of methoxy groups -OCH3 is 1. The smallest absolute Gasteiger partial charge is 0.272 e. The zero-order valence-corrected chi connectivity index (χ0v) is 13.6. The molecule has 0 saturated carbocycles. The van der Waals surface area contributed by atoms with E-state index >= 15 is 0 Å². The number of amides is 1. The molecule has 1 aliphatic heterocycles. The summed E-state index contributed by atoms with van der Waals surface area (Å²) in [4.78, 5) is 17.5. The predicted molar refractivity (Wildman–Crippen MR) is 85.8 cm³/mol. The minimum Gasteiger partial charge on any atom is -0.382 e. The van der Waals surface area contributed by atoms with Crippen LogP contribution in [-0.4, -0.2) is 55.3 Å². The van der Waals surface area contributed by atoms with Crippen molar-refractivity contribution in [3.8, 4) is 0 Å². The van der Waals surface area contributed by atoms with Gasteiger partial charge in [0, 0.05) is 36.1 Å². The Kier molecular flexibility index (Phi) is 4.59. The molecular formula is C15H16Cl2N2O3. The summed E-state index contributed by atoms with van der Waals surface area (Å²) in [7, 11) is 1.61. The Bertz CT molecular complexity index is 699. The number of morpholine rings is 1. The lowest BCUT2D eigenvalue weighted by Crippen LogP contribution is -2.47. The summed E-state index contributed by atoms with van der Waals surface area (Å²) in [6.45, 7) is 1.97. The van der Waals surface area contributed by atoms with Crippen LogP contribution in [0.15, 0.2) is 18.2 Å². The summed E-state index contributed by atoms with van der Waals surface area (Å²) in [5.74, 6) is -0.137. The second-order valence-corrected chi connectivity index (χ2v) is 6.02. The number of H-pyrrole nitrogens is 1. The number of benzene rings is 1. The molecule has 1 aromatic heterocycles. The topological polar surface area (TPSA) is 54.6 Å². The van der Waals surface area contributed by atoms with Crippen molar-refractivity contribution in [2.24, 2.45) is 0 Å². The Balaban J connectivity index is 1.87. The fourth-order valence-electron chi connectivity index (χ4n) is 2.63. The second-order valence-electron chi connectivity index (χ2n) is 5.20. The van der Waals surface area contributed by atoms with Crippen molar-refractivity contribution in [2.45, 2.75) is 6.10 Å². The van der Waals surface area contributed by atoms with Gasteiger partial charge in [0.2, 0.25) is 0 Å². The first-order valence-electron chi connectivity index (χ1n) is 6.96. The van der Waals surface area contributed by atoms with E-state index in [1.807, 2.05) is 6.07 Å². The standard InChI is InChI=1S/C15H16Cl2N2O3/c1-21-8-10-7-19(4-5-22-10)15(20)14-13(17)11-6-9(16)2-3-12(11)18-14/h2-3,6,10,18H,4-5,7-8H2,1H3. The number of nitrogens with one attached hydrogen (secondary N) is 1. The van der Waals surface area contributed by atoms with Crippen molar-refractivity contribution >= 4 is 40.0 Å². The van der Waals surface area contributed by atoms with Gasteiger partial charge >= 0.3 is 0 Å². The average Bonchev–Trinajstić information content (AvgIpc) is 2.84. The molecule has 1 saturated heterocycles. The monoisotopic (exact) mass is 342 g/mol. The molecule has 1 N–H and O–H groups in total. The predicted octanol–water partition coefficient (Wildman–Crippen LogP) is 2.96. The van der Waals surface area contributed by atoms with Gasteiger partial charge in [0.1, 0.15) is 5.69 Å². The Morgan fingerprint density at radius 1 is 1.50 bits per heavy atom. The zero-order valence-electron chi connectivity index (χ0n) is 12.1. The molecule has 118 valence electrons. The van der Waals surface area contributed by atoms with E-state index in [0.717, 1.165) is 10.9 Å². The quantitative estimate of drug-likeness (QED) is 0.932. The highest BCUT2D eigenvalue weighted by Gasteiger charge is 2.27. The maximum absolute atomic E-state index is 12.7. The third-order valence-corrected chi connectivity index (χ3v) is 4.32. The molecule has 0 radical (unpaired) electrons. The van der Waals surface area contributed by atoms with Crippen LogP contribution >= 0.6 is 23.2 Å². The number of rotatable bonds is 3. The third kappa shape index (κ3) is 2.94. The van der Waals surface area contributed by atoms with E-state index in [0.29, 0.717) is 42.0 Å². The number of fused-ring (bicyclic) bond motifs is 1. The number of hydrogen-bond donors (Lipinski definition) is 1. The number of carbonyl (C=O) groups excluding carboxylic acids is 1. The van der Waals surface area contributed by atoms with E-state index in [9.17, 15) is 4.79 Å². The first-order chi connectivity index (χ1) is 10.6. The van der Waals surface area contributed by atoms with Crippen LogP contribution in [0.3, 0.4) is 0 Å². The molecule has 2 heterocycles. The van der Waals surface area contributed by atoms with Gasteiger partial charge in [0.25, 0.3) is 5.91 Å². The molecular weight excluding hydrogens is 327 g/mol. The fourth-order valence-corrected chi connectivity index (χ4v) is 3.08. The van der Waals surface area contributed by atoms with Gasteiger partial charge in [-0.15, -0.1) is 0 Å². The molecule has 7 heteroatoms. The van der Waals surface area contributed by atoms with Gasteiger partial charge in [-0.2, -0.15) is 0 Å². The minimum atomic E-state index is -0.137. The molecule has 0 spiro atoms. The number of aromatic nitrogens is 1. The maximum Gasteiger partial charge on any atom is 0.272 e. The highest BCUT2D eigenvalue weighted by atomic mass is 35.5. The molecule has 5 nitrogen and oxygen atoms in total. The van der Waals surface area contributed by atoms with Crippen molar-refractivity contribution in [1.82, 2.24) is 9.88 Å². The lowest BCUT2D eigenvalue weighted by molar-refractivity contribution is -0.0532. The van der Waals surface area contributed by atoms with E-state index in [-0.39, 0.29) is 12.0 Å². The Morgan fingerprint density at radius 3 is 3.09 bits per heavy atom. The van der Waals surface area contributed by atoms with Crippen LogP contribution < -0.4 is 0 Å². The SMILES string of the molecule is COCC1CN(C(=O)c2[nH]c3ccc(Cl)cc3c2Cl)CCO1. The molecule has 22 heavy (non-hydrogen) atoms. The molecule has 2 aromatic rings. The van der Waals surface area contributed by atoms with Crippen molar-refractivity contribution in [3.63, 3.8) is 0 Å². The minimum absolute atomic E-state index is 0.111. The van der Waals surface area contributed by atoms with Gasteiger partial charge in [-0.1, -0.05) is 23.2 Å². The van der Waals surface area contributed by atoms with Gasteiger partial charge in [0.05, 0.1) is 24.3 Å². The Hall–Kier alpha value is -1.27. The van der Waals surface area contributed by atoms with Gasteiger partial charge in [-0.05, 0) is 18.2 Å². The zero-order chi connectivity index (χ0) is 15.7. The Morgan fingerprint density at radius 2 is 2.32 bits per heavy atom. The number of carbonyl (C=O) groups is 1. The van der Waals surface area contributed by atoms with Crippen LogP contribution in [0.1, 0.15) is 10.5 Å². The normalized spacial score (nSPS) is 18.9. The first kappa shape index (κ1) is 15.6. The lowest BCUT2D eigenvalue weighted by Gasteiger charge is -2.32. The summed E-state index contributed by atoms with van der Waals surface area (Å²) in [5, 5.41) is 1.73. The third-order valence-electron chi connectivity index (χ3n) is 3.69. The molecule has 1 amide bonds. The largest absolute Gasteiger partial charge is 0.382 e. The van der Waals surface area contributed by atoms with E-state index in [1.54, 1.807) is 24.1 Å². The summed E-state index contributed by atoms with van der Waals surface area (Å²) < 4.78 is 10.6. The van der Waals surface area contributed by atoms with Crippen LogP contribution in [0.25, 0.3) is 10.9 Å². The van der Waals surface area contributed by atoms with E-state index in [1.165, 1.54) is 0 Å². The average molecular weight is 343 g/mol. The van der Waals surface area contributed by atoms with E-state index < -0.39 is 0 Å². The molecule has 0 bridgehead atoms. The summed E-state index contributed by atoms with van der Waals surface area (Å²) >= 11 is 12.3.